The van der Waals surface area contributed by atoms with Crippen molar-refractivity contribution < 1.29 is 14.0 Å². The van der Waals surface area contributed by atoms with E-state index in [9.17, 15) is 9.59 Å². The van der Waals surface area contributed by atoms with Crippen molar-refractivity contribution >= 4 is 23.4 Å². The molecule has 1 aromatic heterocycles. The van der Waals surface area contributed by atoms with Crippen LogP contribution in [0.15, 0.2) is 47.1 Å². The summed E-state index contributed by atoms with van der Waals surface area (Å²) in [5.41, 5.74) is 6.82. The highest BCUT2D eigenvalue weighted by atomic mass is 35.5. The number of hydrogen-bond acceptors (Lipinski definition) is 3. The minimum atomic E-state index is -0.549. The summed E-state index contributed by atoms with van der Waals surface area (Å²) in [6.45, 7) is 0.911. The van der Waals surface area contributed by atoms with Gasteiger partial charge in [0.15, 0.2) is 0 Å². The van der Waals surface area contributed by atoms with Crippen molar-refractivity contribution in [2.24, 2.45) is 11.7 Å². The average Bonchev–Trinajstić information content (AvgIpc) is 3.20. The fourth-order valence-electron chi connectivity index (χ4n) is 2.96. The molecule has 5 nitrogen and oxygen atoms in total. The molecule has 2 atom stereocenters. The van der Waals surface area contributed by atoms with E-state index in [1.165, 1.54) is 11.8 Å². The van der Waals surface area contributed by atoms with Gasteiger partial charge < -0.3 is 15.1 Å². The molecule has 0 unspecified atom stereocenters. The Hall–Kier alpha value is -2.27. The molecule has 0 bridgehead atoms. The number of alkyl halides is 1. The monoisotopic (exact) mass is 346 g/mol. The Bertz CT molecular complexity index is 729. The lowest BCUT2D eigenvalue weighted by molar-refractivity contribution is -0.129. The van der Waals surface area contributed by atoms with E-state index in [1.807, 2.05) is 18.2 Å². The molecule has 2 aromatic rings. The van der Waals surface area contributed by atoms with E-state index < -0.39 is 5.91 Å². The number of amides is 2. The van der Waals surface area contributed by atoms with Gasteiger partial charge in [-0.1, -0.05) is 30.3 Å². The number of furan rings is 1. The molecule has 6 heteroatoms. The van der Waals surface area contributed by atoms with E-state index in [4.69, 9.17) is 21.8 Å². The van der Waals surface area contributed by atoms with Crippen LogP contribution in [0.1, 0.15) is 34.0 Å². The van der Waals surface area contributed by atoms with Crippen LogP contribution in [0, 0.1) is 5.92 Å². The molecule has 1 aromatic carbocycles. The molecule has 2 N–H and O–H groups in total. The SMILES string of the molecule is NC(=O)c1coc(CN(C[C@@H]2C[C@H]2c2ccccc2)C(=O)CCl)c1. The third-order valence-electron chi connectivity index (χ3n) is 4.36. The molecule has 0 aliphatic heterocycles. The molecule has 0 saturated heterocycles. The predicted molar refractivity (Wildman–Crippen MR) is 90.7 cm³/mol. The minimum absolute atomic E-state index is 0.0773. The van der Waals surface area contributed by atoms with Crippen LogP contribution in [0.25, 0.3) is 0 Å². The Morgan fingerprint density at radius 1 is 1.29 bits per heavy atom. The maximum atomic E-state index is 12.1. The lowest BCUT2D eigenvalue weighted by Gasteiger charge is -2.20. The lowest BCUT2D eigenvalue weighted by Crippen LogP contribution is -2.33. The highest BCUT2D eigenvalue weighted by molar-refractivity contribution is 6.27. The van der Waals surface area contributed by atoms with Gasteiger partial charge in [-0.25, -0.2) is 0 Å². The van der Waals surface area contributed by atoms with Gasteiger partial charge in [-0.3, -0.25) is 9.59 Å². The van der Waals surface area contributed by atoms with Crippen molar-refractivity contribution in [2.45, 2.75) is 18.9 Å². The molecule has 1 aliphatic carbocycles. The largest absolute Gasteiger partial charge is 0.467 e. The molecule has 1 heterocycles. The van der Waals surface area contributed by atoms with Crippen molar-refractivity contribution in [2.75, 3.05) is 12.4 Å². The van der Waals surface area contributed by atoms with E-state index in [1.54, 1.807) is 11.0 Å². The highest BCUT2D eigenvalue weighted by Crippen LogP contribution is 2.47. The number of carbonyl (C=O) groups excluding carboxylic acids is 2. The maximum Gasteiger partial charge on any atom is 0.251 e. The topological polar surface area (TPSA) is 76.5 Å². The van der Waals surface area contributed by atoms with Crippen LogP contribution in [-0.4, -0.2) is 29.1 Å². The minimum Gasteiger partial charge on any atom is -0.467 e. The second kappa shape index (κ2) is 7.09. The Kier molecular flexibility index (Phi) is 4.90. The van der Waals surface area contributed by atoms with Crippen LogP contribution in [-0.2, 0) is 11.3 Å². The number of benzene rings is 1. The number of hydrogen-bond donors (Lipinski definition) is 1. The number of rotatable bonds is 7. The van der Waals surface area contributed by atoms with Gasteiger partial charge in [0.1, 0.15) is 17.9 Å². The molecule has 1 fully saturated rings. The highest BCUT2D eigenvalue weighted by Gasteiger charge is 2.40. The smallest absolute Gasteiger partial charge is 0.251 e. The van der Waals surface area contributed by atoms with Gasteiger partial charge in [-0.2, -0.15) is 0 Å². The summed E-state index contributed by atoms with van der Waals surface area (Å²) in [5, 5.41) is 0. The summed E-state index contributed by atoms with van der Waals surface area (Å²) in [6.07, 6.45) is 2.37. The number of nitrogens with zero attached hydrogens (tertiary/aromatic N) is 1. The zero-order chi connectivity index (χ0) is 17.1. The Morgan fingerprint density at radius 2 is 2.04 bits per heavy atom. The van der Waals surface area contributed by atoms with Crippen LogP contribution >= 0.6 is 11.6 Å². The summed E-state index contributed by atoms with van der Waals surface area (Å²) in [4.78, 5) is 24.9. The second-order valence-electron chi connectivity index (χ2n) is 6.09. The van der Waals surface area contributed by atoms with E-state index >= 15 is 0 Å². The Balaban J connectivity index is 1.64. The molecular formula is C18H19ClN2O3. The molecule has 1 aliphatic rings. The normalized spacial score (nSPS) is 19.0. The van der Waals surface area contributed by atoms with Crippen LogP contribution in [0.3, 0.4) is 0 Å². The van der Waals surface area contributed by atoms with E-state index in [0.717, 1.165) is 6.42 Å². The zero-order valence-corrected chi connectivity index (χ0v) is 13.9. The predicted octanol–water partition coefficient (Wildman–Crippen LogP) is 2.75. The molecule has 0 radical (unpaired) electrons. The van der Waals surface area contributed by atoms with E-state index in [2.05, 4.69) is 12.1 Å². The summed E-state index contributed by atoms with van der Waals surface area (Å²) >= 11 is 5.73. The summed E-state index contributed by atoms with van der Waals surface area (Å²) < 4.78 is 5.33. The maximum absolute atomic E-state index is 12.1. The van der Waals surface area contributed by atoms with Crippen molar-refractivity contribution in [1.82, 2.24) is 4.90 Å². The van der Waals surface area contributed by atoms with Crippen molar-refractivity contribution in [3.8, 4) is 0 Å². The molecule has 2 amide bonds. The van der Waals surface area contributed by atoms with Crippen molar-refractivity contribution in [3.05, 3.63) is 59.5 Å². The van der Waals surface area contributed by atoms with Gasteiger partial charge in [-0.15, -0.1) is 11.6 Å². The molecule has 3 rings (SSSR count). The number of halogens is 1. The van der Waals surface area contributed by atoms with Gasteiger partial charge in [-0.05, 0) is 29.9 Å². The van der Waals surface area contributed by atoms with E-state index in [0.29, 0.717) is 29.7 Å². The molecule has 1 saturated carbocycles. The van der Waals surface area contributed by atoms with Gasteiger partial charge in [0, 0.05) is 6.54 Å². The second-order valence-corrected chi connectivity index (χ2v) is 6.35. The Morgan fingerprint density at radius 3 is 2.67 bits per heavy atom. The summed E-state index contributed by atoms with van der Waals surface area (Å²) in [6, 6.07) is 11.9. The van der Waals surface area contributed by atoms with Crippen molar-refractivity contribution in [1.29, 1.82) is 0 Å². The van der Waals surface area contributed by atoms with Crippen LogP contribution in [0.2, 0.25) is 0 Å². The van der Waals surface area contributed by atoms with Crippen LogP contribution < -0.4 is 5.73 Å². The number of primary amides is 1. The van der Waals surface area contributed by atoms with E-state index in [-0.39, 0.29) is 18.3 Å². The summed E-state index contributed by atoms with van der Waals surface area (Å²) in [5.74, 6) is 0.657. The van der Waals surface area contributed by atoms with Crippen LogP contribution in [0.4, 0.5) is 0 Å². The molecular weight excluding hydrogens is 328 g/mol. The first-order valence-electron chi connectivity index (χ1n) is 7.84. The summed E-state index contributed by atoms with van der Waals surface area (Å²) in [7, 11) is 0. The first kappa shape index (κ1) is 16.6. The van der Waals surface area contributed by atoms with Gasteiger partial charge in [0.05, 0.1) is 12.1 Å². The number of nitrogens with two attached hydrogens (primary N) is 1. The van der Waals surface area contributed by atoms with Gasteiger partial charge in [0.25, 0.3) is 5.91 Å². The third kappa shape index (κ3) is 3.79. The fraction of sp³-hybridized carbons (Fsp3) is 0.333. The molecule has 126 valence electrons. The van der Waals surface area contributed by atoms with Crippen LogP contribution in [0.5, 0.6) is 0 Å². The Labute approximate surface area is 145 Å². The van der Waals surface area contributed by atoms with Gasteiger partial charge >= 0.3 is 0 Å². The fourth-order valence-corrected chi connectivity index (χ4v) is 3.13. The van der Waals surface area contributed by atoms with Gasteiger partial charge in [0.2, 0.25) is 5.91 Å². The first-order valence-corrected chi connectivity index (χ1v) is 8.38. The zero-order valence-electron chi connectivity index (χ0n) is 13.2. The first-order chi connectivity index (χ1) is 11.6. The lowest BCUT2D eigenvalue weighted by atomic mass is 10.1. The third-order valence-corrected chi connectivity index (χ3v) is 4.59. The van der Waals surface area contributed by atoms with Crippen molar-refractivity contribution in [3.63, 3.8) is 0 Å². The number of carbonyl (C=O) groups is 2. The standard InChI is InChI=1S/C18H19ClN2O3/c19-8-17(22)21(10-15-6-14(11-24-15)18(20)23)9-13-7-16(13)12-4-2-1-3-5-12/h1-6,11,13,16H,7-10H2,(H2,20,23)/t13-,16-/m0/s1. The quantitative estimate of drug-likeness (QED) is 0.783. The molecule has 0 spiro atoms. The molecule has 24 heavy (non-hydrogen) atoms. The average molecular weight is 347 g/mol.